The number of anilines is 1. The second kappa shape index (κ2) is 4.53. The van der Waals surface area contributed by atoms with Gasteiger partial charge in [-0.2, -0.15) is 0 Å². The summed E-state index contributed by atoms with van der Waals surface area (Å²) in [6.45, 7) is 2.36. The van der Waals surface area contributed by atoms with E-state index in [1.807, 2.05) is 11.3 Å². The molecule has 0 spiro atoms. The van der Waals surface area contributed by atoms with E-state index in [1.54, 1.807) is 0 Å². The predicted octanol–water partition coefficient (Wildman–Crippen LogP) is 6.39. The van der Waals surface area contributed by atoms with E-state index in [0.717, 1.165) is 0 Å². The van der Waals surface area contributed by atoms with Gasteiger partial charge in [-0.15, -0.1) is 11.3 Å². The molecule has 2 heterocycles. The average molecular weight is 339 g/mol. The Morgan fingerprint density at radius 3 is 2.56 bits per heavy atom. The Hall–Kier alpha value is -2.58. The van der Waals surface area contributed by atoms with E-state index in [0.29, 0.717) is 6.04 Å². The third-order valence-electron chi connectivity index (χ3n) is 5.88. The third kappa shape index (κ3) is 1.58. The standard InChI is InChI=1S/C23H17NS/c1-23-13-7-6-12-18(23)24-21-19-16-10-4-5-11-17(16)25-22(19)15-9-3-2-8-14(15)20(21)23/h2-13,18,24H,1H3. The predicted molar refractivity (Wildman–Crippen MR) is 110 cm³/mol. The van der Waals surface area contributed by atoms with Gasteiger partial charge in [0, 0.05) is 31.3 Å². The summed E-state index contributed by atoms with van der Waals surface area (Å²) in [4.78, 5) is 0. The van der Waals surface area contributed by atoms with Crippen LogP contribution in [0.1, 0.15) is 12.5 Å². The van der Waals surface area contributed by atoms with Crippen LogP contribution in [0.25, 0.3) is 30.9 Å². The van der Waals surface area contributed by atoms with Crippen molar-refractivity contribution in [1.29, 1.82) is 0 Å². The van der Waals surface area contributed by atoms with Crippen molar-refractivity contribution in [3.05, 3.63) is 78.4 Å². The van der Waals surface area contributed by atoms with Crippen molar-refractivity contribution in [2.75, 3.05) is 5.32 Å². The molecule has 1 aliphatic heterocycles. The first-order valence-corrected chi connectivity index (χ1v) is 9.58. The molecule has 0 saturated heterocycles. The maximum atomic E-state index is 3.86. The fourth-order valence-electron chi connectivity index (χ4n) is 4.67. The van der Waals surface area contributed by atoms with Crippen molar-refractivity contribution in [3.63, 3.8) is 0 Å². The third-order valence-corrected chi connectivity index (χ3v) is 7.08. The number of hydrogen-bond acceptors (Lipinski definition) is 2. The lowest BCUT2D eigenvalue weighted by atomic mass is 9.74. The van der Waals surface area contributed by atoms with Gasteiger partial charge in [-0.25, -0.2) is 0 Å². The summed E-state index contributed by atoms with van der Waals surface area (Å²) in [6.07, 6.45) is 9.02. The van der Waals surface area contributed by atoms with Gasteiger partial charge in [0.15, 0.2) is 0 Å². The van der Waals surface area contributed by atoms with E-state index >= 15 is 0 Å². The molecule has 0 saturated carbocycles. The Morgan fingerprint density at radius 2 is 1.68 bits per heavy atom. The highest BCUT2D eigenvalue weighted by Crippen LogP contribution is 2.54. The van der Waals surface area contributed by atoms with Crippen LogP contribution in [0, 0.1) is 0 Å². The normalized spacial score (nSPS) is 24.0. The smallest absolute Gasteiger partial charge is 0.0577 e. The second-order valence-electron chi connectivity index (χ2n) is 7.25. The van der Waals surface area contributed by atoms with Gasteiger partial charge in [-0.3, -0.25) is 0 Å². The molecule has 0 bridgehead atoms. The van der Waals surface area contributed by atoms with Crippen LogP contribution >= 0.6 is 11.3 Å². The van der Waals surface area contributed by atoms with Crippen molar-refractivity contribution in [2.24, 2.45) is 0 Å². The Bertz CT molecular complexity index is 1240. The lowest BCUT2D eigenvalue weighted by molar-refractivity contribution is 0.582. The molecule has 0 radical (unpaired) electrons. The highest BCUT2D eigenvalue weighted by Gasteiger charge is 2.43. The van der Waals surface area contributed by atoms with Gasteiger partial charge in [0.05, 0.1) is 6.04 Å². The summed E-state index contributed by atoms with van der Waals surface area (Å²) < 4.78 is 2.77. The summed E-state index contributed by atoms with van der Waals surface area (Å²) in [6, 6.07) is 18.0. The lowest BCUT2D eigenvalue weighted by Crippen LogP contribution is -2.33. The Morgan fingerprint density at radius 1 is 0.920 bits per heavy atom. The van der Waals surface area contributed by atoms with Gasteiger partial charge in [0.2, 0.25) is 0 Å². The zero-order valence-corrected chi connectivity index (χ0v) is 14.7. The van der Waals surface area contributed by atoms with Crippen molar-refractivity contribution in [3.8, 4) is 0 Å². The number of thiophene rings is 1. The molecule has 2 aliphatic rings. The van der Waals surface area contributed by atoms with Gasteiger partial charge < -0.3 is 5.32 Å². The molecule has 1 nitrogen and oxygen atoms in total. The fraction of sp³-hybridized carbons (Fsp3) is 0.130. The van der Waals surface area contributed by atoms with Gasteiger partial charge in [-0.05, 0) is 29.3 Å². The van der Waals surface area contributed by atoms with Crippen LogP contribution in [0.5, 0.6) is 0 Å². The summed E-state index contributed by atoms with van der Waals surface area (Å²) in [7, 11) is 0. The molecule has 2 atom stereocenters. The first-order valence-electron chi connectivity index (χ1n) is 8.76. The molecule has 1 N–H and O–H groups in total. The molecule has 120 valence electrons. The highest BCUT2D eigenvalue weighted by atomic mass is 32.1. The molecule has 0 fully saturated rings. The lowest BCUT2D eigenvalue weighted by Gasteiger charge is -2.29. The van der Waals surface area contributed by atoms with Crippen LogP contribution in [0.4, 0.5) is 5.69 Å². The Labute approximate surface area is 150 Å². The van der Waals surface area contributed by atoms with Crippen LogP contribution in [0.3, 0.4) is 0 Å². The minimum atomic E-state index is 0.000910. The largest absolute Gasteiger partial charge is 0.377 e. The molecule has 1 aromatic heterocycles. The average Bonchev–Trinajstić information content (AvgIpc) is 3.17. The highest BCUT2D eigenvalue weighted by molar-refractivity contribution is 7.26. The summed E-state index contributed by atoms with van der Waals surface area (Å²) in [5.74, 6) is 0. The van der Waals surface area contributed by atoms with Gasteiger partial charge in [0.1, 0.15) is 0 Å². The number of fused-ring (bicyclic) bond motifs is 10. The van der Waals surface area contributed by atoms with Crippen molar-refractivity contribution in [1.82, 2.24) is 0 Å². The molecular formula is C23H17NS. The molecular weight excluding hydrogens is 322 g/mol. The monoisotopic (exact) mass is 339 g/mol. The summed E-state index contributed by atoms with van der Waals surface area (Å²) >= 11 is 1.91. The first-order chi connectivity index (χ1) is 12.3. The van der Waals surface area contributed by atoms with Crippen LogP contribution in [0.15, 0.2) is 72.8 Å². The number of hydrogen-bond donors (Lipinski definition) is 1. The Balaban J connectivity index is 1.91. The number of allylic oxidation sites excluding steroid dienone is 2. The number of rotatable bonds is 0. The first kappa shape index (κ1) is 13.7. The minimum absolute atomic E-state index is 0.000910. The molecule has 0 amide bonds. The van der Waals surface area contributed by atoms with Crippen molar-refractivity contribution >= 4 is 48.0 Å². The van der Waals surface area contributed by atoms with Gasteiger partial charge in [0.25, 0.3) is 0 Å². The van der Waals surface area contributed by atoms with Crippen LogP contribution < -0.4 is 5.32 Å². The van der Waals surface area contributed by atoms with Gasteiger partial charge >= 0.3 is 0 Å². The molecule has 4 aromatic rings. The number of benzene rings is 3. The molecule has 1 aliphatic carbocycles. The fourth-order valence-corrected chi connectivity index (χ4v) is 5.92. The zero-order chi connectivity index (χ0) is 16.6. The number of nitrogens with one attached hydrogen (secondary N) is 1. The zero-order valence-electron chi connectivity index (χ0n) is 13.9. The Kier molecular flexibility index (Phi) is 2.48. The second-order valence-corrected chi connectivity index (χ2v) is 8.30. The summed E-state index contributed by atoms with van der Waals surface area (Å²) in [5, 5.41) is 9.38. The van der Waals surface area contributed by atoms with Crippen LogP contribution in [-0.2, 0) is 5.41 Å². The van der Waals surface area contributed by atoms with E-state index < -0.39 is 0 Å². The van der Waals surface area contributed by atoms with E-state index in [1.165, 1.54) is 42.2 Å². The molecule has 6 rings (SSSR count). The van der Waals surface area contributed by atoms with Crippen molar-refractivity contribution in [2.45, 2.75) is 18.4 Å². The van der Waals surface area contributed by atoms with E-state index in [9.17, 15) is 0 Å². The van der Waals surface area contributed by atoms with Crippen LogP contribution in [-0.4, -0.2) is 6.04 Å². The topological polar surface area (TPSA) is 12.0 Å². The van der Waals surface area contributed by atoms with E-state index in [2.05, 4.69) is 85.1 Å². The maximum absolute atomic E-state index is 3.86. The molecule has 25 heavy (non-hydrogen) atoms. The van der Waals surface area contributed by atoms with Crippen molar-refractivity contribution < 1.29 is 0 Å². The quantitative estimate of drug-likeness (QED) is 0.391. The van der Waals surface area contributed by atoms with E-state index in [4.69, 9.17) is 0 Å². The van der Waals surface area contributed by atoms with Gasteiger partial charge in [-0.1, -0.05) is 66.8 Å². The van der Waals surface area contributed by atoms with E-state index in [-0.39, 0.29) is 5.41 Å². The molecule has 3 aromatic carbocycles. The molecule has 2 heteroatoms. The molecule has 2 unspecified atom stereocenters. The summed E-state index contributed by atoms with van der Waals surface area (Å²) in [5.41, 5.74) is 2.78. The SMILES string of the molecule is CC12C=CC=CC1Nc1c2c2ccccc2c2sc3ccccc3c12. The van der Waals surface area contributed by atoms with Crippen LogP contribution in [0.2, 0.25) is 0 Å². The maximum Gasteiger partial charge on any atom is 0.0577 e. The minimum Gasteiger partial charge on any atom is -0.377 e.